The van der Waals surface area contributed by atoms with Crippen LogP contribution in [0.15, 0.2) is 12.5 Å². The Morgan fingerprint density at radius 1 is 1.69 bits per heavy atom. The van der Waals surface area contributed by atoms with E-state index >= 15 is 0 Å². The Bertz CT molecular complexity index is 268. The van der Waals surface area contributed by atoms with Crippen molar-refractivity contribution in [1.82, 2.24) is 9.55 Å². The number of nitrogens with zero attached hydrogens (tertiary/aromatic N) is 2. The van der Waals surface area contributed by atoms with Crippen LogP contribution in [0, 0.1) is 5.92 Å². The third-order valence-electron chi connectivity index (χ3n) is 2.37. The molecule has 4 heteroatoms. The van der Waals surface area contributed by atoms with Crippen LogP contribution >= 0.6 is 11.6 Å². The zero-order valence-corrected chi connectivity index (χ0v) is 8.20. The number of aromatic nitrogens is 2. The van der Waals surface area contributed by atoms with Crippen LogP contribution in [0.2, 0.25) is 5.15 Å². The van der Waals surface area contributed by atoms with Crippen molar-refractivity contribution in [1.29, 1.82) is 0 Å². The van der Waals surface area contributed by atoms with Gasteiger partial charge in [-0.15, -0.1) is 0 Å². The summed E-state index contributed by atoms with van der Waals surface area (Å²) in [5, 5.41) is 0.713. The molecule has 0 saturated carbocycles. The molecule has 1 aliphatic heterocycles. The SMILES string of the molecule is Clc1cncn1CC1CCCOC1. The second-order valence-electron chi connectivity index (χ2n) is 3.45. The molecule has 3 nitrogen and oxygen atoms in total. The first-order valence-corrected chi connectivity index (χ1v) is 4.97. The van der Waals surface area contributed by atoms with Crippen LogP contribution in [0.25, 0.3) is 0 Å². The van der Waals surface area contributed by atoms with E-state index in [1.54, 1.807) is 12.5 Å². The summed E-state index contributed by atoms with van der Waals surface area (Å²) >= 11 is 5.92. The summed E-state index contributed by atoms with van der Waals surface area (Å²) in [5.74, 6) is 0.598. The molecule has 1 aliphatic rings. The average molecular weight is 201 g/mol. The molecule has 2 rings (SSSR count). The highest BCUT2D eigenvalue weighted by Crippen LogP contribution is 2.17. The van der Waals surface area contributed by atoms with Gasteiger partial charge in [0, 0.05) is 19.1 Å². The van der Waals surface area contributed by atoms with Crippen molar-refractivity contribution in [3.8, 4) is 0 Å². The van der Waals surface area contributed by atoms with Crippen molar-refractivity contribution < 1.29 is 4.74 Å². The van der Waals surface area contributed by atoms with Crippen molar-refractivity contribution in [2.24, 2.45) is 5.92 Å². The smallest absolute Gasteiger partial charge is 0.128 e. The number of rotatable bonds is 2. The standard InChI is InChI=1S/C9H13ClN2O/c10-9-4-11-7-12(9)5-8-2-1-3-13-6-8/h4,7-8H,1-3,5-6H2. The average Bonchev–Trinajstić information content (AvgIpc) is 2.54. The molecule has 1 saturated heterocycles. The van der Waals surface area contributed by atoms with Gasteiger partial charge in [-0.25, -0.2) is 4.98 Å². The Kier molecular flexibility index (Phi) is 2.86. The van der Waals surface area contributed by atoms with Gasteiger partial charge in [0.2, 0.25) is 0 Å². The van der Waals surface area contributed by atoms with E-state index in [1.807, 2.05) is 4.57 Å². The predicted molar refractivity (Wildman–Crippen MR) is 50.8 cm³/mol. The number of hydrogen-bond donors (Lipinski definition) is 0. The zero-order chi connectivity index (χ0) is 9.10. The minimum absolute atomic E-state index is 0.598. The van der Waals surface area contributed by atoms with Crippen LogP contribution in [0.1, 0.15) is 12.8 Å². The molecule has 0 aromatic carbocycles. The largest absolute Gasteiger partial charge is 0.381 e. The van der Waals surface area contributed by atoms with E-state index in [0.717, 1.165) is 26.2 Å². The molecule has 1 fully saturated rings. The van der Waals surface area contributed by atoms with Gasteiger partial charge in [0.25, 0.3) is 0 Å². The van der Waals surface area contributed by atoms with Gasteiger partial charge in [-0.1, -0.05) is 11.6 Å². The lowest BCUT2D eigenvalue weighted by molar-refractivity contribution is 0.0484. The Balaban J connectivity index is 1.93. The predicted octanol–water partition coefficient (Wildman–Crippen LogP) is 1.96. The van der Waals surface area contributed by atoms with Crippen LogP contribution in [0.5, 0.6) is 0 Å². The molecular formula is C9H13ClN2O. The molecule has 72 valence electrons. The number of ether oxygens (including phenoxy) is 1. The minimum Gasteiger partial charge on any atom is -0.381 e. The lowest BCUT2D eigenvalue weighted by Gasteiger charge is -2.22. The lowest BCUT2D eigenvalue weighted by Crippen LogP contribution is -2.21. The molecule has 0 amide bonds. The molecular weight excluding hydrogens is 188 g/mol. The first-order chi connectivity index (χ1) is 6.36. The Morgan fingerprint density at radius 2 is 2.62 bits per heavy atom. The van der Waals surface area contributed by atoms with E-state index in [2.05, 4.69) is 4.98 Å². The van der Waals surface area contributed by atoms with E-state index in [9.17, 15) is 0 Å². The monoisotopic (exact) mass is 200 g/mol. The molecule has 13 heavy (non-hydrogen) atoms. The third kappa shape index (κ3) is 2.23. The van der Waals surface area contributed by atoms with E-state index in [4.69, 9.17) is 16.3 Å². The third-order valence-corrected chi connectivity index (χ3v) is 2.69. The quantitative estimate of drug-likeness (QED) is 0.730. The summed E-state index contributed by atoms with van der Waals surface area (Å²) in [6, 6.07) is 0. The van der Waals surface area contributed by atoms with Crippen LogP contribution < -0.4 is 0 Å². The molecule has 0 aliphatic carbocycles. The fourth-order valence-corrected chi connectivity index (χ4v) is 1.84. The molecule has 0 radical (unpaired) electrons. The fourth-order valence-electron chi connectivity index (χ4n) is 1.67. The summed E-state index contributed by atoms with van der Waals surface area (Å²) in [6.07, 6.45) is 5.84. The Hall–Kier alpha value is -0.540. The van der Waals surface area contributed by atoms with Gasteiger partial charge < -0.3 is 9.30 Å². The van der Waals surface area contributed by atoms with E-state index in [-0.39, 0.29) is 0 Å². The molecule has 2 heterocycles. The summed E-state index contributed by atoms with van der Waals surface area (Å²) in [6.45, 7) is 2.70. The zero-order valence-electron chi connectivity index (χ0n) is 7.45. The highest BCUT2D eigenvalue weighted by atomic mass is 35.5. The summed E-state index contributed by atoms with van der Waals surface area (Å²) < 4.78 is 7.37. The Labute approximate surface area is 82.7 Å². The molecule has 1 atom stereocenters. The Morgan fingerprint density at radius 3 is 3.23 bits per heavy atom. The molecule has 0 N–H and O–H groups in total. The maximum Gasteiger partial charge on any atom is 0.128 e. The van der Waals surface area contributed by atoms with Crippen molar-refractivity contribution >= 4 is 11.6 Å². The highest BCUT2D eigenvalue weighted by Gasteiger charge is 2.14. The number of imidazole rings is 1. The van der Waals surface area contributed by atoms with Gasteiger partial charge in [-0.2, -0.15) is 0 Å². The summed E-state index contributed by atoms with van der Waals surface area (Å²) in [4.78, 5) is 3.98. The van der Waals surface area contributed by atoms with E-state index in [1.165, 1.54) is 6.42 Å². The first-order valence-electron chi connectivity index (χ1n) is 4.59. The van der Waals surface area contributed by atoms with Gasteiger partial charge in [-0.05, 0) is 12.8 Å². The highest BCUT2D eigenvalue weighted by molar-refractivity contribution is 6.29. The molecule has 0 bridgehead atoms. The van der Waals surface area contributed by atoms with E-state index in [0.29, 0.717) is 11.1 Å². The normalized spacial score (nSPS) is 23.3. The van der Waals surface area contributed by atoms with Crippen molar-refractivity contribution in [3.63, 3.8) is 0 Å². The molecule has 1 aromatic heterocycles. The van der Waals surface area contributed by atoms with Crippen LogP contribution in [0.3, 0.4) is 0 Å². The van der Waals surface area contributed by atoms with Crippen molar-refractivity contribution in [2.45, 2.75) is 19.4 Å². The number of hydrogen-bond acceptors (Lipinski definition) is 2. The van der Waals surface area contributed by atoms with Gasteiger partial charge in [-0.3, -0.25) is 0 Å². The molecule has 0 spiro atoms. The topological polar surface area (TPSA) is 27.1 Å². The molecule has 1 aromatic rings. The van der Waals surface area contributed by atoms with Gasteiger partial charge >= 0.3 is 0 Å². The number of halogens is 1. The van der Waals surface area contributed by atoms with Gasteiger partial charge in [0.05, 0.1) is 19.1 Å². The van der Waals surface area contributed by atoms with Crippen molar-refractivity contribution in [3.05, 3.63) is 17.7 Å². The molecule has 1 unspecified atom stereocenters. The summed E-state index contributed by atoms with van der Waals surface area (Å²) in [7, 11) is 0. The van der Waals surface area contributed by atoms with E-state index < -0.39 is 0 Å². The van der Waals surface area contributed by atoms with Crippen LogP contribution in [-0.2, 0) is 11.3 Å². The second-order valence-corrected chi connectivity index (χ2v) is 3.84. The van der Waals surface area contributed by atoms with Crippen molar-refractivity contribution in [2.75, 3.05) is 13.2 Å². The summed E-state index contributed by atoms with van der Waals surface area (Å²) in [5.41, 5.74) is 0. The van der Waals surface area contributed by atoms with Crippen LogP contribution in [0.4, 0.5) is 0 Å². The van der Waals surface area contributed by atoms with Gasteiger partial charge in [0.1, 0.15) is 5.15 Å². The van der Waals surface area contributed by atoms with Crippen LogP contribution in [-0.4, -0.2) is 22.8 Å². The van der Waals surface area contributed by atoms with Gasteiger partial charge in [0.15, 0.2) is 0 Å². The maximum atomic E-state index is 5.92. The minimum atomic E-state index is 0.598. The second kappa shape index (κ2) is 4.11. The fraction of sp³-hybridized carbons (Fsp3) is 0.667. The maximum absolute atomic E-state index is 5.92. The first kappa shape index (κ1) is 9.03. The lowest BCUT2D eigenvalue weighted by atomic mass is 10.0.